The van der Waals surface area contributed by atoms with Crippen molar-refractivity contribution >= 4 is 21.9 Å². The Morgan fingerprint density at radius 2 is 1.79 bits per heavy atom. The Morgan fingerprint density at radius 1 is 1.05 bits per heavy atom. The lowest BCUT2D eigenvalue weighted by Gasteiger charge is -2.07. The van der Waals surface area contributed by atoms with Gasteiger partial charge in [0, 0.05) is 16.3 Å². The largest absolute Gasteiger partial charge is 0.461 e. The van der Waals surface area contributed by atoms with Crippen LogP contribution in [0.1, 0.15) is 22.5 Å². The van der Waals surface area contributed by atoms with Crippen LogP contribution >= 0.6 is 0 Å². The molecule has 0 unspecified atom stereocenters. The van der Waals surface area contributed by atoms with Gasteiger partial charge in [-0.1, -0.05) is 0 Å². The molecule has 4 nitrogen and oxygen atoms in total. The number of furan rings is 1. The zero-order valence-corrected chi connectivity index (χ0v) is 11.0. The minimum Gasteiger partial charge on any atom is -0.461 e. The number of aliphatic hydroxyl groups excluding tert-OH is 1. The molecule has 19 heavy (non-hydrogen) atoms. The van der Waals surface area contributed by atoms with E-state index in [9.17, 15) is 9.90 Å². The number of aliphatic hydroxyl groups is 1. The normalized spacial score (nSPS) is 11.6. The fraction of sp³-hybridized carbons (Fsp3) is 0.267. The lowest BCUT2D eigenvalue weighted by atomic mass is 10.0. The Bertz CT molecular complexity index is 852. The van der Waals surface area contributed by atoms with E-state index in [1.165, 1.54) is 0 Å². The third-order valence-electron chi connectivity index (χ3n) is 3.57. The van der Waals surface area contributed by atoms with Crippen LogP contribution in [-0.4, -0.2) is 5.11 Å². The van der Waals surface area contributed by atoms with Crippen LogP contribution in [0.15, 0.2) is 25.8 Å². The minimum atomic E-state index is -0.488. The lowest BCUT2D eigenvalue weighted by molar-refractivity contribution is 0.275. The Kier molecular flexibility index (Phi) is 2.50. The van der Waals surface area contributed by atoms with Crippen molar-refractivity contribution in [1.29, 1.82) is 0 Å². The quantitative estimate of drug-likeness (QED) is 0.681. The van der Waals surface area contributed by atoms with E-state index in [0.29, 0.717) is 11.1 Å². The molecule has 0 saturated carbocycles. The second kappa shape index (κ2) is 3.96. The highest BCUT2D eigenvalue weighted by atomic mass is 16.4. The molecule has 1 aromatic carbocycles. The fourth-order valence-corrected chi connectivity index (χ4v) is 2.52. The van der Waals surface area contributed by atoms with Gasteiger partial charge in [0.1, 0.15) is 16.9 Å². The smallest absolute Gasteiger partial charge is 0.342 e. The lowest BCUT2D eigenvalue weighted by Crippen LogP contribution is -2.10. The average Bonchev–Trinajstić information content (AvgIpc) is 2.73. The number of aryl methyl sites for hydroxylation is 3. The fourth-order valence-electron chi connectivity index (χ4n) is 2.52. The molecule has 98 valence electrons. The molecule has 0 spiro atoms. The first-order valence-electron chi connectivity index (χ1n) is 6.10. The first-order valence-corrected chi connectivity index (χ1v) is 6.10. The Morgan fingerprint density at radius 3 is 2.47 bits per heavy atom. The van der Waals surface area contributed by atoms with Gasteiger partial charge in [-0.15, -0.1) is 0 Å². The van der Waals surface area contributed by atoms with Crippen LogP contribution in [0.2, 0.25) is 0 Å². The van der Waals surface area contributed by atoms with Gasteiger partial charge in [0.2, 0.25) is 0 Å². The van der Waals surface area contributed by atoms with Crippen LogP contribution in [0.5, 0.6) is 0 Å². The van der Waals surface area contributed by atoms with Crippen LogP contribution in [0.4, 0.5) is 0 Å². The molecule has 0 atom stereocenters. The van der Waals surface area contributed by atoms with E-state index in [1.54, 1.807) is 0 Å². The Labute approximate surface area is 109 Å². The molecule has 3 rings (SSSR count). The summed E-state index contributed by atoms with van der Waals surface area (Å²) in [5.41, 5.74) is 2.67. The molecule has 3 aromatic rings. The summed E-state index contributed by atoms with van der Waals surface area (Å²) in [5.74, 6) is 0.816. The molecule has 0 bridgehead atoms. The van der Waals surface area contributed by atoms with E-state index >= 15 is 0 Å². The summed E-state index contributed by atoms with van der Waals surface area (Å²) in [6.07, 6.45) is 0. The highest BCUT2D eigenvalue weighted by Gasteiger charge is 2.16. The number of fused-ring (bicyclic) bond motifs is 2. The van der Waals surface area contributed by atoms with Gasteiger partial charge in [-0.3, -0.25) is 0 Å². The Balaban J connectivity index is 2.57. The van der Waals surface area contributed by atoms with Crippen molar-refractivity contribution in [3.8, 4) is 0 Å². The van der Waals surface area contributed by atoms with Crippen molar-refractivity contribution < 1.29 is 13.9 Å². The van der Waals surface area contributed by atoms with E-state index in [-0.39, 0.29) is 6.61 Å². The van der Waals surface area contributed by atoms with Gasteiger partial charge in [-0.05, 0) is 38.5 Å². The number of hydrogen-bond donors (Lipinski definition) is 1. The predicted octanol–water partition coefficient (Wildman–Crippen LogP) is 2.96. The minimum absolute atomic E-state index is 0.312. The van der Waals surface area contributed by atoms with Crippen molar-refractivity contribution in [2.24, 2.45) is 0 Å². The van der Waals surface area contributed by atoms with Gasteiger partial charge in [0.15, 0.2) is 0 Å². The Hall–Kier alpha value is -2.07. The summed E-state index contributed by atoms with van der Waals surface area (Å²) in [6.45, 7) is 5.26. The maximum absolute atomic E-state index is 11.8. The van der Waals surface area contributed by atoms with Gasteiger partial charge in [0.25, 0.3) is 0 Å². The van der Waals surface area contributed by atoms with Gasteiger partial charge in [-0.25, -0.2) is 4.79 Å². The van der Waals surface area contributed by atoms with Gasteiger partial charge < -0.3 is 13.9 Å². The third-order valence-corrected chi connectivity index (χ3v) is 3.57. The van der Waals surface area contributed by atoms with Crippen molar-refractivity contribution in [1.82, 2.24) is 0 Å². The van der Waals surface area contributed by atoms with E-state index in [1.807, 2.05) is 32.9 Å². The van der Waals surface area contributed by atoms with Gasteiger partial charge in [-0.2, -0.15) is 0 Å². The van der Waals surface area contributed by atoms with E-state index in [0.717, 1.165) is 33.2 Å². The van der Waals surface area contributed by atoms with Crippen molar-refractivity contribution in [2.45, 2.75) is 27.4 Å². The topological polar surface area (TPSA) is 63.6 Å². The van der Waals surface area contributed by atoms with Crippen LogP contribution in [0, 0.1) is 20.8 Å². The summed E-state index contributed by atoms with van der Waals surface area (Å²) in [4.78, 5) is 11.8. The molecule has 4 heteroatoms. The molecule has 0 aliphatic heterocycles. The second-order valence-corrected chi connectivity index (χ2v) is 4.80. The monoisotopic (exact) mass is 258 g/mol. The summed E-state index contributed by atoms with van der Waals surface area (Å²) in [6, 6.07) is 3.89. The van der Waals surface area contributed by atoms with E-state index in [2.05, 4.69) is 0 Å². The molecule has 0 amide bonds. The van der Waals surface area contributed by atoms with Crippen molar-refractivity contribution in [2.75, 3.05) is 0 Å². The van der Waals surface area contributed by atoms with Crippen LogP contribution in [0.3, 0.4) is 0 Å². The van der Waals surface area contributed by atoms with Gasteiger partial charge >= 0.3 is 5.63 Å². The number of rotatable bonds is 1. The highest BCUT2D eigenvalue weighted by molar-refractivity contribution is 5.98. The first-order chi connectivity index (χ1) is 9.02. The summed E-state index contributed by atoms with van der Waals surface area (Å²) >= 11 is 0. The number of benzene rings is 1. The van der Waals surface area contributed by atoms with E-state index in [4.69, 9.17) is 8.83 Å². The molecule has 0 aliphatic carbocycles. The molecule has 0 fully saturated rings. The van der Waals surface area contributed by atoms with Gasteiger partial charge in [0.05, 0.1) is 12.2 Å². The molecule has 2 aromatic heterocycles. The summed E-state index contributed by atoms with van der Waals surface area (Å²) in [7, 11) is 0. The SMILES string of the molecule is Cc1cc2cc3c(C)c(CO)c(=O)oc3c(C)c2o1. The summed E-state index contributed by atoms with van der Waals surface area (Å²) < 4.78 is 11.0. The van der Waals surface area contributed by atoms with Crippen LogP contribution in [-0.2, 0) is 6.61 Å². The maximum Gasteiger partial charge on any atom is 0.342 e. The van der Waals surface area contributed by atoms with Crippen LogP contribution < -0.4 is 5.63 Å². The van der Waals surface area contributed by atoms with E-state index < -0.39 is 5.63 Å². The zero-order valence-electron chi connectivity index (χ0n) is 11.0. The van der Waals surface area contributed by atoms with Crippen molar-refractivity contribution in [3.63, 3.8) is 0 Å². The molecule has 0 aliphatic rings. The molecular weight excluding hydrogens is 244 g/mol. The van der Waals surface area contributed by atoms with Crippen molar-refractivity contribution in [3.05, 3.63) is 45.0 Å². The molecule has 0 saturated heterocycles. The molecule has 0 radical (unpaired) electrons. The predicted molar refractivity (Wildman–Crippen MR) is 72.4 cm³/mol. The maximum atomic E-state index is 11.8. The molecule has 1 N–H and O–H groups in total. The van der Waals surface area contributed by atoms with Crippen LogP contribution in [0.25, 0.3) is 21.9 Å². The third kappa shape index (κ3) is 1.60. The number of hydrogen-bond acceptors (Lipinski definition) is 4. The standard InChI is InChI=1S/C15H14O4/c1-7-4-10-5-11-8(2)12(6-16)15(17)19-14(11)9(3)13(10)18-7/h4-5,16H,6H2,1-3H3. The zero-order chi connectivity index (χ0) is 13.7. The second-order valence-electron chi connectivity index (χ2n) is 4.80. The summed E-state index contributed by atoms with van der Waals surface area (Å²) in [5, 5.41) is 11.1. The molecular formula is C15H14O4. The highest BCUT2D eigenvalue weighted by Crippen LogP contribution is 2.31. The average molecular weight is 258 g/mol. The molecule has 2 heterocycles. The first kappa shape index (κ1) is 12.0.